The molecule has 2 aromatic heterocycles. The third kappa shape index (κ3) is 5.55. The van der Waals surface area contributed by atoms with Gasteiger partial charge in [0.25, 0.3) is 0 Å². The number of likely N-dealkylation sites (tertiary alicyclic amines) is 1. The van der Waals surface area contributed by atoms with Crippen molar-refractivity contribution in [2.75, 3.05) is 51.6 Å². The van der Waals surface area contributed by atoms with E-state index >= 15 is 0 Å². The first-order valence-electron chi connectivity index (χ1n) is 12.8. The van der Waals surface area contributed by atoms with Gasteiger partial charge in [-0.05, 0) is 63.0 Å². The summed E-state index contributed by atoms with van der Waals surface area (Å²) in [4.78, 5) is 24.3. The molecular weight excluding hydrogens is 438 g/mol. The fraction of sp³-hybridized carbons (Fsp3) is 0.519. The average molecular weight is 476 g/mol. The highest BCUT2D eigenvalue weighted by molar-refractivity contribution is 5.95. The van der Waals surface area contributed by atoms with Crippen LogP contribution in [0.2, 0.25) is 0 Å². The Balaban J connectivity index is 1.32. The van der Waals surface area contributed by atoms with Crippen LogP contribution in [-0.2, 0) is 18.4 Å². The van der Waals surface area contributed by atoms with Crippen LogP contribution < -0.4 is 5.32 Å². The Kier molecular flexibility index (Phi) is 7.13. The smallest absolute Gasteiger partial charge is 0.239 e. The van der Waals surface area contributed by atoms with Crippen LogP contribution in [0.5, 0.6) is 0 Å². The molecule has 1 atom stereocenters. The van der Waals surface area contributed by atoms with Crippen molar-refractivity contribution in [3.63, 3.8) is 0 Å². The van der Waals surface area contributed by atoms with Crippen molar-refractivity contribution in [3.8, 4) is 11.1 Å². The maximum atomic E-state index is 12.7. The number of aryl methyl sites for hydroxylation is 1. The Morgan fingerprint density at radius 1 is 1.03 bits per heavy atom. The molecule has 2 aliphatic rings. The highest BCUT2D eigenvalue weighted by atomic mass is 16.2. The Labute approximate surface area is 207 Å². The number of hydrogen-bond donors (Lipinski definition) is 1. The summed E-state index contributed by atoms with van der Waals surface area (Å²) < 4.78 is 2.01. The topological polar surface area (TPSA) is 69.5 Å². The molecule has 0 radical (unpaired) electrons. The molecular formula is C27H37N7O. The summed E-state index contributed by atoms with van der Waals surface area (Å²) >= 11 is 0. The lowest BCUT2D eigenvalue weighted by Gasteiger charge is -2.37. The van der Waals surface area contributed by atoms with Crippen LogP contribution in [-0.4, -0.2) is 87.7 Å². The zero-order valence-corrected chi connectivity index (χ0v) is 21.2. The molecule has 1 unspecified atom stereocenters. The molecule has 1 N–H and O–H groups in total. The SMILES string of the molecule is CC1CN(C)CCN1CC(=O)Nc1cc2cc(-c3cnn(C)c3CN3CCCCC3)ccc2cn1. The summed E-state index contributed by atoms with van der Waals surface area (Å²) in [6, 6.07) is 8.78. The molecule has 2 saturated heterocycles. The summed E-state index contributed by atoms with van der Waals surface area (Å²) in [5.41, 5.74) is 3.56. The van der Waals surface area contributed by atoms with Crippen LogP contribution in [0.3, 0.4) is 0 Å². The van der Waals surface area contributed by atoms with Gasteiger partial charge in [-0.2, -0.15) is 5.10 Å². The molecule has 4 heterocycles. The van der Waals surface area contributed by atoms with E-state index < -0.39 is 0 Å². The van der Waals surface area contributed by atoms with Gasteiger partial charge in [0.15, 0.2) is 0 Å². The predicted molar refractivity (Wildman–Crippen MR) is 140 cm³/mol. The number of nitrogens with zero attached hydrogens (tertiary/aromatic N) is 6. The molecule has 8 heteroatoms. The van der Waals surface area contributed by atoms with Gasteiger partial charge in [0, 0.05) is 56.4 Å². The zero-order valence-electron chi connectivity index (χ0n) is 21.2. The van der Waals surface area contributed by atoms with Crippen molar-refractivity contribution >= 4 is 22.5 Å². The van der Waals surface area contributed by atoms with Crippen LogP contribution in [0.1, 0.15) is 31.9 Å². The number of carbonyl (C=O) groups excluding carboxylic acids is 1. The van der Waals surface area contributed by atoms with Crippen LogP contribution >= 0.6 is 0 Å². The first-order valence-corrected chi connectivity index (χ1v) is 12.8. The fourth-order valence-corrected chi connectivity index (χ4v) is 5.38. The number of benzene rings is 1. The standard InChI is InChI=1S/C27H37N7O/c1-20-17-31(2)11-12-34(20)19-27(35)30-26-14-23-13-21(7-8-22(23)15-28-26)24-16-29-32(3)25(24)18-33-9-5-4-6-10-33/h7-8,13-16,20H,4-6,9-12,17-19H2,1-3H3,(H,28,30,35). The molecule has 0 saturated carbocycles. The van der Waals surface area contributed by atoms with E-state index in [1.54, 1.807) is 0 Å². The Hall–Kier alpha value is -2.81. The number of amides is 1. The lowest BCUT2D eigenvalue weighted by Crippen LogP contribution is -2.52. The Bertz CT molecular complexity index is 1180. The number of piperidine rings is 1. The fourth-order valence-electron chi connectivity index (χ4n) is 5.38. The highest BCUT2D eigenvalue weighted by Crippen LogP contribution is 2.29. The molecule has 8 nitrogen and oxygen atoms in total. The monoisotopic (exact) mass is 475 g/mol. The van der Waals surface area contributed by atoms with Crippen LogP contribution in [0.4, 0.5) is 5.82 Å². The van der Waals surface area contributed by atoms with Crippen molar-refractivity contribution in [3.05, 3.63) is 42.4 Å². The van der Waals surface area contributed by atoms with E-state index in [2.05, 4.69) is 62.3 Å². The van der Waals surface area contributed by atoms with Crippen molar-refractivity contribution in [1.29, 1.82) is 0 Å². The molecule has 0 spiro atoms. The normalized spacial score (nSPS) is 20.4. The van der Waals surface area contributed by atoms with Gasteiger partial charge in [-0.15, -0.1) is 0 Å². The summed E-state index contributed by atoms with van der Waals surface area (Å²) in [5, 5.41) is 9.71. The number of anilines is 1. The molecule has 5 rings (SSSR count). The quantitative estimate of drug-likeness (QED) is 0.591. The van der Waals surface area contributed by atoms with Gasteiger partial charge in [0.2, 0.25) is 5.91 Å². The predicted octanol–water partition coefficient (Wildman–Crippen LogP) is 3.20. The molecule has 3 aromatic rings. The zero-order chi connectivity index (χ0) is 24.4. The number of hydrogen-bond acceptors (Lipinski definition) is 6. The summed E-state index contributed by atoms with van der Waals surface area (Å²) in [6.45, 7) is 8.69. The lowest BCUT2D eigenvalue weighted by molar-refractivity contribution is -0.118. The Morgan fingerprint density at radius 3 is 2.66 bits per heavy atom. The van der Waals surface area contributed by atoms with Gasteiger partial charge >= 0.3 is 0 Å². The molecule has 2 fully saturated rings. The summed E-state index contributed by atoms with van der Waals surface area (Å²) in [7, 11) is 4.16. The van der Waals surface area contributed by atoms with E-state index in [0.717, 1.165) is 55.6 Å². The summed E-state index contributed by atoms with van der Waals surface area (Å²) in [5.74, 6) is 0.585. The Morgan fingerprint density at radius 2 is 1.86 bits per heavy atom. The number of pyridine rings is 1. The molecule has 0 aliphatic carbocycles. The third-order valence-corrected chi connectivity index (χ3v) is 7.50. The second-order valence-corrected chi connectivity index (χ2v) is 10.2. The maximum Gasteiger partial charge on any atom is 0.239 e. The molecule has 186 valence electrons. The van der Waals surface area contributed by atoms with E-state index in [-0.39, 0.29) is 5.91 Å². The first kappa shape index (κ1) is 23.9. The number of carbonyl (C=O) groups is 1. The van der Waals surface area contributed by atoms with Crippen LogP contribution in [0.25, 0.3) is 21.9 Å². The number of aromatic nitrogens is 3. The molecule has 1 amide bonds. The minimum absolute atomic E-state index is 0.0134. The second-order valence-electron chi connectivity index (χ2n) is 10.2. The van der Waals surface area contributed by atoms with Gasteiger partial charge in [-0.25, -0.2) is 4.98 Å². The van der Waals surface area contributed by atoms with Crippen LogP contribution in [0, 0.1) is 0 Å². The second kappa shape index (κ2) is 10.4. The number of piperazine rings is 1. The van der Waals surface area contributed by atoms with Gasteiger partial charge in [-0.1, -0.05) is 18.6 Å². The molecule has 2 aliphatic heterocycles. The lowest BCUT2D eigenvalue weighted by atomic mass is 10.0. The summed E-state index contributed by atoms with van der Waals surface area (Å²) in [6.07, 6.45) is 7.70. The van der Waals surface area contributed by atoms with Crippen molar-refractivity contribution in [1.82, 2.24) is 29.5 Å². The average Bonchev–Trinajstić information content (AvgIpc) is 3.21. The van der Waals surface area contributed by atoms with E-state index in [1.165, 1.54) is 30.5 Å². The largest absolute Gasteiger partial charge is 0.310 e. The minimum atomic E-state index is -0.0134. The van der Waals surface area contributed by atoms with Gasteiger partial charge in [0.05, 0.1) is 18.4 Å². The van der Waals surface area contributed by atoms with E-state index in [1.807, 2.05) is 30.2 Å². The number of nitrogens with one attached hydrogen (secondary N) is 1. The van der Waals surface area contributed by atoms with E-state index in [0.29, 0.717) is 18.4 Å². The van der Waals surface area contributed by atoms with Crippen LogP contribution in [0.15, 0.2) is 36.7 Å². The van der Waals surface area contributed by atoms with Crippen molar-refractivity contribution in [2.45, 2.75) is 38.8 Å². The number of rotatable bonds is 6. The van der Waals surface area contributed by atoms with Gasteiger partial charge < -0.3 is 10.2 Å². The molecule has 35 heavy (non-hydrogen) atoms. The van der Waals surface area contributed by atoms with Crippen molar-refractivity contribution < 1.29 is 4.79 Å². The first-order chi connectivity index (χ1) is 17.0. The van der Waals surface area contributed by atoms with Gasteiger partial charge in [0.1, 0.15) is 5.82 Å². The van der Waals surface area contributed by atoms with E-state index in [4.69, 9.17) is 0 Å². The van der Waals surface area contributed by atoms with Gasteiger partial charge in [-0.3, -0.25) is 19.3 Å². The maximum absolute atomic E-state index is 12.7. The van der Waals surface area contributed by atoms with E-state index in [9.17, 15) is 4.79 Å². The molecule has 1 aromatic carbocycles. The molecule has 0 bridgehead atoms. The third-order valence-electron chi connectivity index (χ3n) is 7.50. The van der Waals surface area contributed by atoms with Crippen molar-refractivity contribution in [2.24, 2.45) is 7.05 Å². The highest BCUT2D eigenvalue weighted by Gasteiger charge is 2.23. The number of likely N-dealkylation sites (N-methyl/N-ethyl adjacent to an activating group) is 1. The number of fused-ring (bicyclic) bond motifs is 1. The minimum Gasteiger partial charge on any atom is -0.310 e.